The van der Waals surface area contributed by atoms with E-state index in [2.05, 4.69) is 6.58 Å². The van der Waals surface area contributed by atoms with Crippen molar-refractivity contribution in [1.82, 2.24) is 0 Å². The fourth-order valence-corrected chi connectivity index (χ4v) is 0.985. The van der Waals surface area contributed by atoms with Gasteiger partial charge in [0.2, 0.25) is 0 Å². The van der Waals surface area contributed by atoms with E-state index in [-0.39, 0.29) is 12.1 Å². The third kappa shape index (κ3) is 3.81. The Morgan fingerprint density at radius 1 is 1.36 bits per heavy atom. The molecule has 1 atom stereocenters. The summed E-state index contributed by atoms with van der Waals surface area (Å²) >= 11 is 0. The molecule has 0 saturated heterocycles. The fourth-order valence-electron chi connectivity index (χ4n) is 0.985. The van der Waals surface area contributed by atoms with Gasteiger partial charge in [-0.1, -0.05) is 20.4 Å². The highest BCUT2D eigenvalue weighted by molar-refractivity contribution is 5.66. The lowest BCUT2D eigenvalue weighted by Gasteiger charge is -2.20. The highest BCUT2D eigenvalue weighted by Gasteiger charge is 2.16. The Hall–Kier alpha value is -0.790. The molecule has 0 rings (SSSR count). The molecule has 0 aliphatic heterocycles. The van der Waals surface area contributed by atoms with Gasteiger partial charge in [-0.05, 0) is 18.4 Å². The first-order chi connectivity index (χ1) is 4.95. The van der Waals surface area contributed by atoms with Gasteiger partial charge in [-0.25, -0.2) is 0 Å². The van der Waals surface area contributed by atoms with Crippen molar-refractivity contribution in [2.75, 3.05) is 0 Å². The van der Waals surface area contributed by atoms with E-state index in [0.29, 0.717) is 5.92 Å². The highest BCUT2D eigenvalue weighted by Crippen LogP contribution is 2.14. The van der Waals surface area contributed by atoms with Gasteiger partial charge in [0, 0.05) is 6.92 Å². The van der Waals surface area contributed by atoms with Gasteiger partial charge < -0.3 is 4.74 Å². The lowest BCUT2D eigenvalue weighted by atomic mass is 10.0. The molecule has 0 aromatic carbocycles. The van der Waals surface area contributed by atoms with Crippen LogP contribution < -0.4 is 0 Å². The van der Waals surface area contributed by atoms with Gasteiger partial charge in [0.05, 0.1) is 0 Å². The van der Waals surface area contributed by atoms with Crippen LogP contribution >= 0.6 is 0 Å². The normalized spacial score (nSPS) is 12.8. The minimum absolute atomic E-state index is 0.132. The molecule has 64 valence electrons. The maximum atomic E-state index is 10.6. The minimum Gasteiger partial charge on any atom is -0.458 e. The van der Waals surface area contributed by atoms with Crippen molar-refractivity contribution < 1.29 is 9.53 Å². The molecule has 11 heavy (non-hydrogen) atoms. The summed E-state index contributed by atoms with van der Waals surface area (Å²) in [6.07, 6.45) is -0.132. The number of carbonyl (C=O) groups is 1. The van der Waals surface area contributed by atoms with Crippen molar-refractivity contribution in [2.45, 2.75) is 33.8 Å². The maximum absolute atomic E-state index is 10.6. The van der Waals surface area contributed by atoms with Crippen LogP contribution in [0, 0.1) is 5.92 Å². The van der Waals surface area contributed by atoms with Crippen LogP contribution in [0.15, 0.2) is 12.2 Å². The summed E-state index contributed by atoms with van der Waals surface area (Å²) in [5.41, 5.74) is 0.898. The molecule has 0 heterocycles. The number of esters is 1. The van der Waals surface area contributed by atoms with Crippen LogP contribution in [0.3, 0.4) is 0 Å². The smallest absolute Gasteiger partial charge is 0.303 e. The Morgan fingerprint density at radius 3 is 1.91 bits per heavy atom. The lowest BCUT2D eigenvalue weighted by Crippen LogP contribution is -2.22. The molecule has 0 spiro atoms. The summed E-state index contributed by atoms with van der Waals surface area (Å²) in [7, 11) is 0. The Morgan fingerprint density at radius 2 is 1.82 bits per heavy atom. The van der Waals surface area contributed by atoms with Crippen LogP contribution in [0.25, 0.3) is 0 Å². The van der Waals surface area contributed by atoms with Gasteiger partial charge in [-0.15, -0.1) is 0 Å². The van der Waals surface area contributed by atoms with E-state index in [1.54, 1.807) is 0 Å². The van der Waals surface area contributed by atoms with Gasteiger partial charge in [0.25, 0.3) is 0 Å². The largest absolute Gasteiger partial charge is 0.458 e. The van der Waals surface area contributed by atoms with Gasteiger partial charge in [-0.2, -0.15) is 0 Å². The molecule has 0 saturated carbocycles. The number of hydrogen-bond acceptors (Lipinski definition) is 2. The Labute approximate surface area is 68.2 Å². The minimum atomic E-state index is -0.244. The topological polar surface area (TPSA) is 26.3 Å². The van der Waals surface area contributed by atoms with E-state index in [1.807, 2.05) is 20.8 Å². The second-order valence-electron chi connectivity index (χ2n) is 3.12. The van der Waals surface area contributed by atoms with Crippen LogP contribution in [0.5, 0.6) is 0 Å². The van der Waals surface area contributed by atoms with Crippen molar-refractivity contribution in [2.24, 2.45) is 5.92 Å². The molecule has 2 heteroatoms. The molecule has 0 aromatic rings. The molecule has 0 N–H and O–H groups in total. The molecule has 0 unspecified atom stereocenters. The third-order valence-electron chi connectivity index (χ3n) is 1.38. The van der Waals surface area contributed by atoms with Gasteiger partial charge >= 0.3 is 5.97 Å². The molecule has 2 nitrogen and oxygen atoms in total. The van der Waals surface area contributed by atoms with E-state index >= 15 is 0 Å². The van der Waals surface area contributed by atoms with Crippen molar-refractivity contribution >= 4 is 5.97 Å². The van der Waals surface area contributed by atoms with Crippen molar-refractivity contribution in [3.8, 4) is 0 Å². The molecule has 0 bridgehead atoms. The zero-order valence-electron chi connectivity index (χ0n) is 7.68. The molecule has 0 fully saturated rings. The first kappa shape index (κ1) is 10.2. The van der Waals surface area contributed by atoms with Crippen molar-refractivity contribution in [1.29, 1.82) is 0 Å². The number of ether oxygens (including phenoxy) is 1. The summed E-state index contributed by atoms with van der Waals surface area (Å²) in [4.78, 5) is 10.6. The van der Waals surface area contributed by atoms with Crippen LogP contribution in [0.2, 0.25) is 0 Å². The molecular weight excluding hydrogens is 140 g/mol. The van der Waals surface area contributed by atoms with E-state index in [0.717, 1.165) is 5.57 Å². The summed E-state index contributed by atoms with van der Waals surface area (Å²) in [5.74, 6) is 0.0584. The fraction of sp³-hybridized carbons (Fsp3) is 0.667. The zero-order valence-corrected chi connectivity index (χ0v) is 7.68. The predicted octanol–water partition coefficient (Wildman–Crippen LogP) is 2.15. The molecule has 0 aliphatic rings. The Kier molecular flexibility index (Phi) is 3.86. The van der Waals surface area contributed by atoms with E-state index in [4.69, 9.17) is 4.74 Å². The van der Waals surface area contributed by atoms with Crippen molar-refractivity contribution in [3.63, 3.8) is 0 Å². The highest BCUT2D eigenvalue weighted by atomic mass is 16.5. The zero-order chi connectivity index (χ0) is 9.02. The Balaban J connectivity index is 4.12. The van der Waals surface area contributed by atoms with E-state index < -0.39 is 0 Å². The first-order valence-electron chi connectivity index (χ1n) is 3.77. The number of rotatable bonds is 3. The van der Waals surface area contributed by atoms with E-state index in [1.165, 1.54) is 6.92 Å². The van der Waals surface area contributed by atoms with Gasteiger partial charge in [0.15, 0.2) is 0 Å². The van der Waals surface area contributed by atoms with E-state index in [9.17, 15) is 4.79 Å². The van der Waals surface area contributed by atoms with Gasteiger partial charge in [-0.3, -0.25) is 4.79 Å². The molecule has 0 aliphatic carbocycles. The summed E-state index contributed by atoms with van der Waals surface area (Å²) in [6.45, 7) is 11.0. The van der Waals surface area contributed by atoms with Gasteiger partial charge in [0.1, 0.15) is 6.10 Å². The summed E-state index contributed by atoms with van der Waals surface area (Å²) < 4.78 is 5.03. The quantitative estimate of drug-likeness (QED) is 0.462. The van der Waals surface area contributed by atoms with Crippen molar-refractivity contribution in [3.05, 3.63) is 12.2 Å². The molecule has 0 radical (unpaired) electrons. The molecule has 0 aromatic heterocycles. The summed E-state index contributed by atoms with van der Waals surface area (Å²) in [6, 6.07) is 0. The first-order valence-corrected chi connectivity index (χ1v) is 3.77. The predicted molar refractivity (Wildman–Crippen MR) is 45.2 cm³/mol. The third-order valence-corrected chi connectivity index (χ3v) is 1.38. The SMILES string of the molecule is C=C(C)[C@H](OC(C)=O)C(C)C. The number of hydrogen-bond donors (Lipinski definition) is 0. The second-order valence-corrected chi connectivity index (χ2v) is 3.12. The Bertz CT molecular complexity index is 159. The lowest BCUT2D eigenvalue weighted by molar-refractivity contribution is -0.146. The van der Waals surface area contributed by atoms with Crippen LogP contribution in [-0.4, -0.2) is 12.1 Å². The van der Waals surface area contributed by atoms with Crippen LogP contribution in [-0.2, 0) is 9.53 Å². The molecule has 0 amide bonds. The maximum Gasteiger partial charge on any atom is 0.303 e. The standard InChI is InChI=1S/C9H16O2/c1-6(2)9(7(3)4)11-8(5)10/h7,9H,1H2,2-5H3/t9-/m0/s1. The second kappa shape index (κ2) is 4.16. The average molecular weight is 156 g/mol. The monoisotopic (exact) mass is 156 g/mol. The summed E-state index contributed by atoms with van der Waals surface area (Å²) in [5, 5.41) is 0. The number of carbonyl (C=O) groups excluding carboxylic acids is 1. The van der Waals surface area contributed by atoms with Crippen LogP contribution in [0.4, 0.5) is 0 Å². The van der Waals surface area contributed by atoms with Crippen LogP contribution in [0.1, 0.15) is 27.7 Å². The molecular formula is C9H16O2. The average Bonchev–Trinajstić information content (AvgIpc) is 1.81.